The highest BCUT2D eigenvalue weighted by atomic mass is 32.2. The van der Waals surface area contributed by atoms with Gasteiger partial charge in [-0.2, -0.15) is 11.8 Å². The number of nitrogens with two attached hydrogens (primary N) is 1. The van der Waals surface area contributed by atoms with Gasteiger partial charge in [0, 0.05) is 25.0 Å². The van der Waals surface area contributed by atoms with Crippen LogP contribution in [0, 0.1) is 0 Å². The van der Waals surface area contributed by atoms with Crippen LogP contribution in [-0.4, -0.2) is 34.8 Å². The summed E-state index contributed by atoms with van der Waals surface area (Å²) in [4.78, 5) is 0.522. The molecule has 3 nitrogen and oxygen atoms in total. The highest BCUT2D eigenvalue weighted by Gasteiger charge is 2.41. The van der Waals surface area contributed by atoms with Crippen molar-refractivity contribution in [3.05, 3.63) is 29.8 Å². The molecule has 0 aromatic heterocycles. The highest BCUT2D eigenvalue weighted by Crippen LogP contribution is 2.39. The Hall–Kier alpha value is -0.780. The Morgan fingerprint density at radius 3 is 2.90 bits per heavy atom. The fraction of sp³-hybridized carbons (Fsp3) is 0.562. The van der Waals surface area contributed by atoms with Gasteiger partial charge in [0.05, 0.1) is 17.2 Å². The second-order valence-corrected chi connectivity index (χ2v) is 7.48. The average molecular weight is 323 g/mol. The minimum absolute atomic E-state index is 0.0687. The minimum atomic E-state index is 0.0687. The summed E-state index contributed by atoms with van der Waals surface area (Å²) in [5.74, 6) is 3.24. The molecule has 5 heteroatoms. The highest BCUT2D eigenvalue weighted by molar-refractivity contribution is 7.99. The van der Waals surface area contributed by atoms with Gasteiger partial charge in [0.15, 0.2) is 0 Å². The maximum Gasteiger partial charge on any atom is 0.119 e. The molecule has 2 aliphatic heterocycles. The van der Waals surface area contributed by atoms with Crippen LogP contribution in [0.3, 0.4) is 0 Å². The van der Waals surface area contributed by atoms with Crippen LogP contribution in [0.5, 0.6) is 5.75 Å². The maximum atomic E-state index is 6.15. The van der Waals surface area contributed by atoms with Crippen molar-refractivity contribution < 1.29 is 9.47 Å². The molecule has 2 N–H and O–H groups in total. The zero-order valence-corrected chi connectivity index (χ0v) is 13.7. The first kappa shape index (κ1) is 15.1. The second-order valence-electron chi connectivity index (χ2n) is 5.85. The summed E-state index contributed by atoms with van der Waals surface area (Å²) in [6.07, 6.45) is 4.05. The van der Waals surface area contributed by atoms with Crippen molar-refractivity contribution in [3.8, 4) is 5.75 Å². The molecule has 0 amide bonds. The van der Waals surface area contributed by atoms with E-state index in [1.54, 1.807) is 0 Å². The molecule has 1 aromatic carbocycles. The van der Waals surface area contributed by atoms with Crippen molar-refractivity contribution in [1.82, 2.24) is 0 Å². The Morgan fingerprint density at radius 2 is 2.24 bits per heavy atom. The van der Waals surface area contributed by atoms with Crippen LogP contribution in [0.25, 0.3) is 0 Å². The van der Waals surface area contributed by atoms with E-state index in [2.05, 4.69) is 0 Å². The van der Waals surface area contributed by atoms with E-state index in [0.29, 0.717) is 11.4 Å². The second kappa shape index (κ2) is 6.55. The van der Waals surface area contributed by atoms with E-state index in [1.807, 2.05) is 36.0 Å². The van der Waals surface area contributed by atoms with Gasteiger partial charge in [-0.1, -0.05) is 24.4 Å². The number of rotatable bonds is 4. The molecule has 0 aliphatic carbocycles. The molecule has 0 saturated carbocycles. The van der Waals surface area contributed by atoms with Gasteiger partial charge in [-0.15, -0.1) is 0 Å². The van der Waals surface area contributed by atoms with Crippen LogP contribution in [0.2, 0.25) is 0 Å². The van der Waals surface area contributed by atoms with Gasteiger partial charge in [-0.05, 0) is 29.9 Å². The molecule has 2 unspecified atom stereocenters. The van der Waals surface area contributed by atoms with E-state index in [9.17, 15) is 0 Å². The molecule has 2 fully saturated rings. The molecule has 2 aliphatic rings. The molecule has 114 valence electrons. The van der Waals surface area contributed by atoms with Gasteiger partial charge in [-0.3, -0.25) is 0 Å². The van der Waals surface area contributed by atoms with Crippen molar-refractivity contribution >= 4 is 29.0 Å². The minimum Gasteiger partial charge on any atom is -0.490 e. The number of thiocarbonyl (C=S) groups is 1. The molecule has 3 rings (SSSR count). The number of ether oxygens (including phenoxy) is 2. The molecular formula is C16H21NO2S2. The van der Waals surface area contributed by atoms with Gasteiger partial charge >= 0.3 is 0 Å². The normalized spacial score (nSPS) is 28.7. The third kappa shape index (κ3) is 3.90. The summed E-state index contributed by atoms with van der Waals surface area (Å²) in [6, 6.07) is 8.10. The van der Waals surface area contributed by atoms with Crippen molar-refractivity contribution in [3.63, 3.8) is 0 Å². The lowest BCUT2D eigenvalue weighted by atomic mass is 9.91. The molecule has 0 radical (unpaired) electrons. The van der Waals surface area contributed by atoms with Crippen LogP contribution in [0.15, 0.2) is 24.3 Å². The largest absolute Gasteiger partial charge is 0.490 e. The monoisotopic (exact) mass is 323 g/mol. The zero-order chi connectivity index (χ0) is 14.7. The Morgan fingerprint density at radius 1 is 1.43 bits per heavy atom. The van der Waals surface area contributed by atoms with Gasteiger partial charge in [0.1, 0.15) is 11.9 Å². The smallest absolute Gasteiger partial charge is 0.119 e. The third-order valence-electron chi connectivity index (χ3n) is 4.12. The Balaban J connectivity index is 1.59. The summed E-state index contributed by atoms with van der Waals surface area (Å²) in [7, 11) is 0. The van der Waals surface area contributed by atoms with Crippen LogP contribution < -0.4 is 10.5 Å². The first-order valence-electron chi connectivity index (χ1n) is 7.41. The Bertz CT molecular complexity index is 498. The van der Waals surface area contributed by atoms with Crippen molar-refractivity contribution in [2.24, 2.45) is 5.73 Å². The van der Waals surface area contributed by atoms with E-state index >= 15 is 0 Å². The maximum absolute atomic E-state index is 6.15. The molecule has 0 bridgehead atoms. The predicted octanol–water partition coefficient (Wildman–Crippen LogP) is 2.95. The molecule has 2 heterocycles. The van der Waals surface area contributed by atoms with Crippen LogP contribution in [0.4, 0.5) is 0 Å². The fourth-order valence-corrected chi connectivity index (χ4v) is 4.57. The van der Waals surface area contributed by atoms with Crippen LogP contribution in [0.1, 0.15) is 24.8 Å². The van der Waals surface area contributed by atoms with Crippen molar-refractivity contribution in [2.75, 3.05) is 18.1 Å². The number of thioether (sulfide) groups is 1. The Labute approximate surface area is 135 Å². The van der Waals surface area contributed by atoms with Gasteiger partial charge in [-0.25, -0.2) is 0 Å². The predicted molar refractivity (Wildman–Crippen MR) is 91.2 cm³/mol. The lowest BCUT2D eigenvalue weighted by molar-refractivity contribution is -0.0958. The topological polar surface area (TPSA) is 44.5 Å². The molecule has 21 heavy (non-hydrogen) atoms. The number of hydrogen-bond donors (Lipinski definition) is 1. The van der Waals surface area contributed by atoms with Crippen molar-refractivity contribution in [1.29, 1.82) is 0 Å². The summed E-state index contributed by atoms with van der Waals surface area (Å²) in [5.41, 5.74) is 6.76. The standard InChI is InChI=1S/C16H21NO2S2/c17-15(20)9-12-1-3-13(4-2-12)19-14-5-7-18-16(10-14)6-8-21-11-16/h1-4,14H,5-11H2,(H2,17,20). The molecular weight excluding hydrogens is 302 g/mol. The van der Waals surface area contributed by atoms with E-state index in [4.69, 9.17) is 27.4 Å². The first-order valence-corrected chi connectivity index (χ1v) is 8.97. The van der Waals surface area contributed by atoms with Gasteiger partial charge < -0.3 is 15.2 Å². The van der Waals surface area contributed by atoms with E-state index in [-0.39, 0.29) is 11.7 Å². The SMILES string of the molecule is NC(=S)Cc1ccc(OC2CCOC3(CCSC3)C2)cc1. The van der Waals surface area contributed by atoms with E-state index in [1.165, 1.54) is 5.75 Å². The molecule has 1 aromatic rings. The first-order chi connectivity index (χ1) is 10.2. The quantitative estimate of drug-likeness (QED) is 0.863. The summed E-state index contributed by atoms with van der Waals surface area (Å²) in [5, 5.41) is 0. The lowest BCUT2D eigenvalue weighted by Crippen LogP contribution is -2.43. The fourth-order valence-electron chi connectivity index (χ4n) is 3.03. The van der Waals surface area contributed by atoms with Gasteiger partial charge in [0.2, 0.25) is 0 Å². The molecule has 1 spiro atoms. The zero-order valence-electron chi connectivity index (χ0n) is 12.0. The van der Waals surface area contributed by atoms with Crippen LogP contribution in [-0.2, 0) is 11.2 Å². The number of benzene rings is 1. The van der Waals surface area contributed by atoms with E-state index in [0.717, 1.165) is 42.9 Å². The average Bonchev–Trinajstić information content (AvgIpc) is 2.88. The number of hydrogen-bond acceptors (Lipinski definition) is 4. The lowest BCUT2D eigenvalue weighted by Gasteiger charge is -2.37. The summed E-state index contributed by atoms with van der Waals surface area (Å²) in [6.45, 7) is 0.810. The van der Waals surface area contributed by atoms with Crippen molar-refractivity contribution in [2.45, 2.75) is 37.4 Å². The van der Waals surface area contributed by atoms with Crippen LogP contribution >= 0.6 is 24.0 Å². The summed E-state index contributed by atoms with van der Waals surface area (Å²) < 4.78 is 12.2. The molecule has 2 saturated heterocycles. The third-order valence-corrected chi connectivity index (χ3v) is 5.49. The molecule has 2 atom stereocenters. The summed E-state index contributed by atoms with van der Waals surface area (Å²) >= 11 is 6.92. The Kier molecular flexibility index (Phi) is 4.72. The van der Waals surface area contributed by atoms with Gasteiger partial charge in [0.25, 0.3) is 0 Å². The van der Waals surface area contributed by atoms with E-state index < -0.39 is 0 Å².